The molecule has 154 valence electrons. The van der Waals surface area contributed by atoms with Crippen LogP contribution in [0, 0.1) is 4.77 Å². The largest absolute Gasteiger partial charge is 0.336 e. The molecule has 0 aliphatic rings. The van der Waals surface area contributed by atoms with Gasteiger partial charge in [-0.1, -0.05) is 25.1 Å². The molecule has 2 N–H and O–H groups in total. The quantitative estimate of drug-likeness (QED) is 0.328. The fourth-order valence-corrected chi connectivity index (χ4v) is 3.90. The van der Waals surface area contributed by atoms with Crippen molar-refractivity contribution in [2.24, 2.45) is 0 Å². The molecule has 4 rings (SSSR count). The van der Waals surface area contributed by atoms with Crippen LogP contribution in [0.25, 0.3) is 11.1 Å². The van der Waals surface area contributed by atoms with Crippen LogP contribution in [0.15, 0.2) is 34.8 Å². The van der Waals surface area contributed by atoms with Crippen LogP contribution in [0.2, 0.25) is 0 Å². The van der Waals surface area contributed by atoms with Gasteiger partial charge in [-0.15, -0.1) is 17.9 Å². The Morgan fingerprint density at radius 2 is 2.33 bits per heavy atom. The van der Waals surface area contributed by atoms with Crippen LogP contribution < -0.4 is 5.32 Å². The van der Waals surface area contributed by atoms with E-state index in [9.17, 15) is 4.79 Å². The van der Waals surface area contributed by atoms with Gasteiger partial charge in [0.05, 0.1) is 28.8 Å². The van der Waals surface area contributed by atoms with Crippen LogP contribution in [0.4, 0.5) is 5.13 Å². The number of carbonyl (C=O) groups is 1. The van der Waals surface area contributed by atoms with Gasteiger partial charge in [0.25, 0.3) is 11.6 Å². The van der Waals surface area contributed by atoms with E-state index in [0.717, 1.165) is 22.6 Å². The molecule has 0 atom stereocenters. The van der Waals surface area contributed by atoms with Gasteiger partial charge in [-0.2, -0.15) is 5.10 Å². The van der Waals surface area contributed by atoms with Gasteiger partial charge in [-0.25, -0.2) is 9.97 Å². The number of amides is 1. The summed E-state index contributed by atoms with van der Waals surface area (Å²) in [5.74, 6) is 0.622. The molecule has 30 heavy (non-hydrogen) atoms. The third-order valence-corrected chi connectivity index (χ3v) is 5.55. The summed E-state index contributed by atoms with van der Waals surface area (Å²) < 4.78 is 7.61. The first-order valence-corrected chi connectivity index (χ1v) is 10.5. The first kappa shape index (κ1) is 20.1. The molecule has 11 heteroatoms. The molecule has 9 nitrogen and oxygen atoms in total. The number of anilines is 1. The second kappa shape index (κ2) is 8.28. The van der Waals surface area contributed by atoms with Gasteiger partial charge < -0.3 is 4.52 Å². The number of rotatable bonds is 7. The van der Waals surface area contributed by atoms with E-state index in [0.29, 0.717) is 34.1 Å². The third kappa shape index (κ3) is 3.94. The number of pyridine rings is 1. The average Bonchev–Trinajstić information content (AvgIpc) is 3.42. The number of thiazole rings is 1. The van der Waals surface area contributed by atoms with E-state index in [1.165, 1.54) is 17.5 Å². The predicted molar refractivity (Wildman–Crippen MR) is 116 cm³/mol. The van der Waals surface area contributed by atoms with Crippen LogP contribution in [0.3, 0.4) is 0 Å². The minimum Gasteiger partial charge on any atom is -0.336 e. The van der Waals surface area contributed by atoms with E-state index in [2.05, 4.69) is 37.2 Å². The summed E-state index contributed by atoms with van der Waals surface area (Å²) in [5.41, 5.74) is 2.39. The molecule has 0 aromatic carbocycles. The van der Waals surface area contributed by atoms with E-state index in [-0.39, 0.29) is 11.8 Å². The van der Waals surface area contributed by atoms with Gasteiger partial charge in [0.2, 0.25) is 0 Å². The maximum absolute atomic E-state index is 12.7. The molecule has 0 bridgehead atoms. The van der Waals surface area contributed by atoms with Crippen LogP contribution in [0.5, 0.6) is 0 Å². The molecule has 0 aliphatic carbocycles. The highest BCUT2D eigenvalue weighted by Gasteiger charge is 2.17. The fourth-order valence-electron chi connectivity index (χ4n) is 2.97. The zero-order valence-corrected chi connectivity index (χ0v) is 18.0. The Morgan fingerprint density at radius 1 is 1.50 bits per heavy atom. The number of aromatic nitrogens is 6. The Morgan fingerprint density at radius 3 is 3.10 bits per heavy atom. The van der Waals surface area contributed by atoms with E-state index in [1.807, 2.05) is 23.8 Å². The molecule has 4 aromatic heterocycles. The van der Waals surface area contributed by atoms with Crippen LogP contribution >= 0.6 is 23.6 Å². The maximum Gasteiger partial charge on any atom is 0.259 e. The summed E-state index contributed by atoms with van der Waals surface area (Å²) in [4.78, 5) is 21.4. The van der Waals surface area contributed by atoms with Crippen molar-refractivity contribution in [3.63, 3.8) is 0 Å². The van der Waals surface area contributed by atoms with Gasteiger partial charge >= 0.3 is 0 Å². The molecule has 0 radical (unpaired) electrons. The van der Waals surface area contributed by atoms with Crippen molar-refractivity contribution in [3.05, 3.63) is 57.8 Å². The highest BCUT2D eigenvalue weighted by atomic mass is 32.1. The molecular formula is C19H19N7O2S2. The lowest BCUT2D eigenvalue weighted by atomic mass is 10.1. The Hall–Kier alpha value is -3.18. The molecular weight excluding hydrogens is 422 g/mol. The molecule has 0 fully saturated rings. The van der Waals surface area contributed by atoms with Crippen molar-refractivity contribution < 1.29 is 9.32 Å². The van der Waals surface area contributed by atoms with Crippen molar-refractivity contribution in [1.82, 2.24) is 29.9 Å². The summed E-state index contributed by atoms with van der Waals surface area (Å²) in [6.45, 7) is 8.32. The molecule has 0 unspecified atom stereocenters. The van der Waals surface area contributed by atoms with E-state index in [1.54, 1.807) is 12.1 Å². The Bertz CT molecular complexity index is 1280. The fraction of sp³-hybridized carbons (Fsp3) is 0.263. The molecule has 4 heterocycles. The van der Waals surface area contributed by atoms with Crippen LogP contribution in [-0.4, -0.2) is 35.8 Å². The summed E-state index contributed by atoms with van der Waals surface area (Å²) in [5, 5.41) is 17.0. The van der Waals surface area contributed by atoms with Gasteiger partial charge in [-0.05, 0) is 24.2 Å². The number of aromatic amines is 1. The second-order valence-corrected chi connectivity index (χ2v) is 8.16. The average molecular weight is 442 g/mol. The lowest BCUT2D eigenvalue weighted by molar-refractivity contribution is 0.102. The summed E-state index contributed by atoms with van der Waals surface area (Å²) in [6, 6.07) is 1.74. The lowest BCUT2D eigenvalue weighted by Gasteiger charge is -2.03. The van der Waals surface area contributed by atoms with Gasteiger partial charge in [0, 0.05) is 18.1 Å². The highest BCUT2D eigenvalue weighted by molar-refractivity contribution is 7.71. The van der Waals surface area contributed by atoms with Crippen molar-refractivity contribution in [2.75, 3.05) is 5.32 Å². The number of nitrogens with one attached hydrogen (secondary N) is 2. The predicted octanol–water partition coefficient (Wildman–Crippen LogP) is 4.09. The number of carbonyl (C=O) groups excluding carboxylic acids is 1. The van der Waals surface area contributed by atoms with E-state index < -0.39 is 0 Å². The van der Waals surface area contributed by atoms with Crippen molar-refractivity contribution >= 4 is 45.7 Å². The first-order chi connectivity index (χ1) is 14.5. The van der Waals surface area contributed by atoms with Crippen molar-refractivity contribution in [2.45, 2.75) is 32.7 Å². The number of H-pyrrole nitrogens is 1. The zero-order valence-electron chi connectivity index (χ0n) is 16.4. The molecule has 0 saturated heterocycles. The van der Waals surface area contributed by atoms with Gasteiger partial charge in [0.15, 0.2) is 9.90 Å². The van der Waals surface area contributed by atoms with Gasteiger partial charge in [-0.3, -0.25) is 19.8 Å². The van der Waals surface area contributed by atoms with Gasteiger partial charge in [0.1, 0.15) is 5.82 Å². The topological polar surface area (TPSA) is 115 Å². The molecule has 0 saturated carbocycles. The molecule has 1 amide bonds. The SMILES string of the molecule is C=CCn1c(Cc2csc(NC(=O)c3cnc4onc(C(C)C)c4c3)n2)n[nH]c1=S. The third-order valence-electron chi connectivity index (χ3n) is 4.43. The number of nitrogens with zero attached hydrogens (tertiary/aromatic N) is 5. The van der Waals surface area contributed by atoms with E-state index >= 15 is 0 Å². The molecule has 0 aliphatic heterocycles. The highest BCUT2D eigenvalue weighted by Crippen LogP contribution is 2.25. The number of hydrogen-bond donors (Lipinski definition) is 2. The minimum atomic E-state index is -0.296. The standard InChI is InChI=1S/C19H19N7O2S2/c1-4-5-26-14(23-24-19(26)29)7-12-9-30-18(21-12)22-16(27)11-6-13-15(10(2)3)25-28-17(13)20-8-11/h4,6,8-10H,1,5,7H2,2-3H3,(H,24,29)(H,21,22,27). The van der Waals surface area contributed by atoms with Crippen LogP contribution in [0.1, 0.15) is 47.3 Å². The van der Waals surface area contributed by atoms with Crippen molar-refractivity contribution in [3.8, 4) is 0 Å². The minimum absolute atomic E-state index is 0.161. The summed E-state index contributed by atoms with van der Waals surface area (Å²) in [7, 11) is 0. The second-order valence-electron chi connectivity index (χ2n) is 6.92. The van der Waals surface area contributed by atoms with Crippen LogP contribution in [-0.2, 0) is 13.0 Å². The first-order valence-electron chi connectivity index (χ1n) is 9.22. The lowest BCUT2D eigenvalue weighted by Crippen LogP contribution is -2.12. The summed E-state index contributed by atoms with van der Waals surface area (Å²) in [6.07, 6.45) is 3.71. The Balaban J connectivity index is 1.50. The monoisotopic (exact) mass is 441 g/mol. The molecule has 4 aromatic rings. The van der Waals surface area contributed by atoms with Crippen molar-refractivity contribution in [1.29, 1.82) is 0 Å². The smallest absolute Gasteiger partial charge is 0.259 e. The normalized spacial score (nSPS) is 11.3. The summed E-state index contributed by atoms with van der Waals surface area (Å²) >= 11 is 6.57. The Kier molecular flexibility index (Phi) is 5.55. The Labute approximate surface area is 180 Å². The number of allylic oxidation sites excluding steroid dienone is 1. The number of hydrogen-bond acceptors (Lipinski definition) is 8. The maximum atomic E-state index is 12.7. The number of fused-ring (bicyclic) bond motifs is 1. The molecule has 0 spiro atoms. The zero-order chi connectivity index (χ0) is 21.3. The van der Waals surface area contributed by atoms with E-state index in [4.69, 9.17) is 16.7 Å².